The normalized spacial score (nSPS) is 26.6. The van der Waals surface area contributed by atoms with Gasteiger partial charge in [0.05, 0.1) is 12.7 Å². The summed E-state index contributed by atoms with van der Waals surface area (Å²) < 4.78 is 0. The van der Waals surface area contributed by atoms with Gasteiger partial charge in [0.25, 0.3) is 6.17 Å². The Bertz CT molecular complexity index is 525. The zero-order valence-corrected chi connectivity index (χ0v) is 13.0. The zero-order chi connectivity index (χ0) is 14.9. The summed E-state index contributed by atoms with van der Waals surface area (Å²) in [5, 5.41) is 14.3. The quantitative estimate of drug-likeness (QED) is 0.292. The first-order chi connectivity index (χ1) is 9.40. The predicted molar refractivity (Wildman–Crippen MR) is 78.6 cm³/mol. The molecule has 1 saturated heterocycles. The summed E-state index contributed by atoms with van der Waals surface area (Å²) in [5.74, 6) is -0.108. The van der Waals surface area contributed by atoms with Crippen LogP contribution in [0.15, 0.2) is 24.3 Å². The van der Waals surface area contributed by atoms with Crippen LogP contribution in [-0.4, -0.2) is 39.4 Å². The maximum atomic E-state index is 12.2. The molecule has 0 spiro atoms. The number of carbonyl (C=O) groups excluding carboxylic acids is 1. The van der Waals surface area contributed by atoms with Crippen molar-refractivity contribution in [1.82, 2.24) is 10.2 Å². The Morgan fingerprint density at radius 2 is 2.10 bits per heavy atom. The first-order valence-corrected chi connectivity index (χ1v) is 7.27. The summed E-state index contributed by atoms with van der Waals surface area (Å²) in [6.07, 6.45) is -1.19. The van der Waals surface area contributed by atoms with E-state index in [4.69, 9.17) is 11.6 Å². The van der Waals surface area contributed by atoms with E-state index in [1.165, 1.54) is 0 Å². The van der Waals surface area contributed by atoms with E-state index in [2.05, 4.69) is 21.2 Å². The van der Waals surface area contributed by atoms with Crippen molar-refractivity contribution in [2.75, 3.05) is 6.54 Å². The third kappa shape index (κ3) is 3.17. The van der Waals surface area contributed by atoms with Gasteiger partial charge in [-0.15, -0.1) is 0 Å². The molecule has 6 nitrogen and oxygen atoms in total. The van der Waals surface area contributed by atoms with Crippen LogP contribution < -0.4 is 5.32 Å². The van der Waals surface area contributed by atoms with Crippen LogP contribution in [0.25, 0.3) is 0 Å². The summed E-state index contributed by atoms with van der Waals surface area (Å²) in [5.41, 5.74) is 0.533. The van der Waals surface area contributed by atoms with Crippen molar-refractivity contribution < 1.29 is 9.72 Å². The minimum Gasteiger partial charge on any atom is -0.293 e. The molecule has 0 radical (unpaired) electrons. The molecule has 1 fully saturated rings. The Balaban J connectivity index is 2.07. The van der Waals surface area contributed by atoms with E-state index in [0.717, 1.165) is 0 Å². The summed E-state index contributed by atoms with van der Waals surface area (Å²) in [6.45, 7) is 1.88. The van der Waals surface area contributed by atoms with Gasteiger partial charge in [-0.25, -0.2) is 5.32 Å². The van der Waals surface area contributed by atoms with Gasteiger partial charge >= 0.3 is 0 Å². The van der Waals surface area contributed by atoms with Gasteiger partial charge in [0.15, 0.2) is 10.7 Å². The lowest BCUT2D eigenvalue weighted by Gasteiger charge is -2.21. The topological polar surface area (TPSA) is 75.5 Å². The average Bonchev–Trinajstić information content (AvgIpc) is 2.67. The number of rotatable bonds is 4. The molecular formula is C12H13BrClN3O3. The van der Waals surface area contributed by atoms with Crippen molar-refractivity contribution in [2.24, 2.45) is 0 Å². The summed E-state index contributed by atoms with van der Waals surface area (Å²) in [7, 11) is 0. The fourth-order valence-electron chi connectivity index (χ4n) is 2.10. The van der Waals surface area contributed by atoms with Gasteiger partial charge in [-0.3, -0.25) is 19.8 Å². The van der Waals surface area contributed by atoms with Crippen LogP contribution >= 0.6 is 27.5 Å². The Morgan fingerprint density at radius 3 is 2.60 bits per heavy atom. The highest BCUT2D eigenvalue weighted by Gasteiger charge is 2.44. The van der Waals surface area contributed by atoms with Gasteiger partial charge in [-0.05, 0) is 31.2 Å². The minimum atomic E-state index is -0.928. The summed E-state index contributed by atoms with van der Waals surface area (Å²) >= 11 is 9.05. The second kappa shape index (κ2) is 6.17. The first kappa shape index (κ1) is 15.4. The highest BCUT2D eigenvalue weighted by atomic mass is 79.9. The molecule has 0 unspecified atom stereocenters. The molecule has 2 rings (SSSR count). The number of Topliss-reactive ketones (excluding diaryl/α,β-unsaturated/α-hetero) is 1. The number of nitrogens with zero attached hydrogens (tertiary/aromatic N) is 2. The third-order valence-corrected chi connectivity index (χ3v) is 4.49. The van der Waals surface area contributed by atoms with E-state index in [0.29, 0.717) is 10.6 Å². The molecule has 1 aromatic carbocycles. The van der Waals surface area contributed by atoms with Gasteiger partial charge < -0.3 is 0 Å². The van der Waals surface area contributed by atoms with E-state index in [-0.39, 0.29) is 18.5 Å². The van der Waals surface area contributed by atoms with E-state index in [9.17, 15) is 14.9 Å². The number of nitrogens with one attached hydrogen (secondary N) is 1. The lowest BCUT2D eigenvalue weighted by atomic mass is 10.1. The number of halogens is 2. The molecule has 0 aliphatic carbocycles. The van der Waals surface area contributed by atoms with Crippen LogP contribution in [0.4, 0.5) is 0 Å². The van der Waals surface area contributed by atoms with Crippen molar-refractivity contribution in [3.63, 3.8) is 0 Å². The molecule has 1 aliphatic rings. The lowest BCUT2D eigenvalue weighted by molar-refractivity contribution is -0.525. The first-order valence-electron chi connectivity index (χ1n) is 5.98. The molecule has 0 bridgehead atoms. The number of nitro groups is 1. The van der Waals surface area contributed by atoms with Gasteiger partial charge in [0, 0.05) is 15.5 Å². The summed E-state index contributed by atoms with van der Waals surface area (Å²) in [4.78, 5) is 23.8. The predicted octanol–water partition coefficient (Wildman–Crippen LogP) is 2.10. The number of alkyl halides is 1. The largest absolute Gasteiger partial charge is 0.293 e. The van der Waals surface area contributed by atoms with Crippen molar-refractivity contribution in [1.29, 1.82) is 0 Å². The molecule has 3 atom stereocenters. The van der Waals surface area contributed by atoms with E-state index in [1.807, 2.05) is 0 Å². The SMILES string of the molecule is C[C@@H]1N[C@H]([N+](=O)[O-])[C@H](Br)N1CC(=O)c1ccc(Cl)cc1. The molecule has 1 N–H and O–H groups in total. The second-order valence-corrected chi connectivity index (χ2v) is 5.92. The number of benzene rings is 1. The number of ketones is 1. The monoisotopic (exact) mass is 361 g/mol. The highest BCUT2D eigenvalue weighted by molar-refractivity contribution is 9.09. The standard InChI is InChI=1S/C12H13BrClN3O3/c1-7-15-12(17(19)20)11(13)16(7)6-10(18)8-2-4-9(14)5-3-8/h2-5,7,11-12,15H,6H2,1H3/t7-,11-,12-/m1/s1. The Hall–Kier alpha value is -1.02. The minimum absolute atomic E-state index is 0.0933. The van der Waals surface area contributed by atoms with Gasteiger partial charge in [-0.2, -0.15) is 0 Å². The Kier molecular flexibility index (Phi) is 4.74. The molecule has 0 aromatic heterocycles. The molecule has 0 saturated carbocycles. The van der Waals surface area contributed by atoms with E-state index >= 15 is 0 Å². The fraction of sp³-hybridized carbons (Fsp3) is 0.417. The van der Waals surface area contributed by atoms with Gasteiger partial charge in [0.2, 0.25) is 0 Å². The molecule has 20 heavy (non-hydrogen) atoms. The van der Waals surface area contributed by atoms with Gasteiger partial charge in [-0.1, -0.05) is 27.5 Å². The van der Waals surface area contributed by atoms with Crippen LogP contribution in [0.3, 0.4) is 0 Å². The van der Waals surface area contributed by atoms with Crippen molar-refractivity contribution in [2.45, 2.75) is 24.2 Å². The molecular weight excluding hydrogens is 350 g/mol. The molecule has 1 heterocycles. The Morgan fingerprint density at radius 1 is 1.50 bits per heavy atom. The van der Waals surface area contributed by atoms with Crippen LogP contribution in [0, 0.1) is 10.1 Å². The van der Waals surface area contributed by atoms with E-state index < -0.39 is 16.0 Å². The maximum Gasteiger partial charge on any atom is 0.292 e. The smallest absolute Gasteiger partial charge is 0.292 e. The number of hydrogen-bond acceptors (Lipinski definition) is 5. The van der Waals surface area contributed by atoms with E-state index in [1.54, 1.807) is 36.1 Å². The second-order valence-electron chi connectivity index (χ2n) is 4.55. The fourth-order valence-corrected chi connectivity index (χ4v) is 3.07. The Labute approximate surface area is 129 Å². The summed E-state index contributed by atoms with van der Waals surface area (Å²) in [6, 6.07) is 6.58. The molecule has 1 aliphatic heterocycles. The lowest BCUT2D eigenvalue weighted by Crippen LogP contribution is -2.39. The van der Waals surface area contributed by atoms with Gasteiger partial charge in [0.1, 0.15) is 0 Å². The molecule has 8 heteroatoms. The molecule has 108 valence electrons. The maximum absolute atomic E-state index is 12.2. The molecule has 1 aromatic rings. The van der Waals surface area contributed by atoms with Crippen LogP contribution in [0.1, 0.15) is 17.3 Å². The van der Waals surface area contributed by atoms with Crippen LogP contribution in [0.5, 0.6) is 0 Å². The van der Waals surface area contributed by atoms with Crippen molar-refractivity contribution in [3.05, 3.63) is 45.0 Å². The van der Waals surface area contributed by atoms with Crippen LogP contribution in [0.2, 0.25) is 5.02 Å². The van der Waals surface area contributed by atoms with Crippen molar-refractivity contribution >= 4 is 33.3 Å². The molecule has 0 amide bonds. The average molecular weight is 363 g/mol. The van der Waals surface area contributed by atoms with Crippen molar-refractivity contribution in [3.8, 4) is 0 Å². The highest BCUT2D eigenvalue weighted by Crippen LogP contribution is 2.23. The number of hydrogen-bond donors (Lipinski definition) is 1. The third-order valence-electron chi connectivity index (χ3n) is 3.21. The van der Waals surface area contributed by atoms with Crippen LogP contribution in [-0.2, 0) is 0 Å². The number of carbonyl (C=O) groups is 1. The zero-order valence-electron chi connectivity index (χ0n) is 10.6.